The van der Waals surface area contributed by atoms with E-state index in [0.717, 1.165) is 32.1 Å². The van der Waals surface area contributed by atoms with E-state index in [1.165, 1.54) is 0 Å². The van der Waals surface area contributed by atoms with Crippen molar-refractivity contribution in [2.45, 2.75) is 45.4 Å². The van der Waals surface area contributed by atoms with E-state index in [9.17, 15) is 9.59 Å². The first-order valence-electron chi connectivity index (χ1n) is 8.05. The van der Waals surface area contributed by atoms with Crippen LogP contribution >= 0.6 is 12.4 Å². The molecule has 0 spiro atoms. The average molecular weight is 342 g/mol. The second kappa shape index (κ2) is 12.9. The van der Waals surface area contributed by atoms with Crippen molar-refractivity contribution in [3.05, 3.63) is 29.8 Å². The highest BCUT2D eigenvalue weighted by molar-refractivity contribution is 5.97. The van der Waals surface area contributed by atoms with Gasteiger partial charge in [0.05, 0.1) is 0 Å². The third-order valence-corrected chi connectivity index (χ3v) is 3.30. The number of hydrogen-bond acceptors (Lipinski definition) is 3. The Labute approximate surface area is 144 Å². The summed E-state index contributed by atoms with van der Waals surface area (Å²) in [5, 5.41) is 5.66. The van der Waals surface area contributed by atoms with Crippen molar-refractivity contribution in [3.63, 3.8) is 0 Å². The zero-order valence-corrected chi connectivity index (χ0v) is 14.6. The molecular formula is C17H28ClN3O2. The number of carbonyl (C=O) groups is 2. The molecule has 1 rings (SSSR count). The molecule has 0 saturated carbocycles. The number of halogens is 1. The smallest absolute Gasteiger partial charge is 0.251 e. The zero-order chi connectivity index (χ0) is 16.2. The number of unbranched alkanes of at least 4 members (excludes halogenated alkanes) is 3. The number of nitrogens with one attached hydrogen (secondary N) is 2. The second-order valence-corrected chi connectivity index (χ2v) is 5.34. The van der Waals surface area contributed by atoms with E-state index in [1.807, 2.05) is 6.92 Å². The highest BCUT2D eigenvalue weighted by Crippen LogP contribution is 2.12. The lowest BCUT2D eigenvalue weighted by molar-refractivity contribution is -0.116. The fourth-order valence-electron chi connectivity index (χ4n) is 2.09. The predicted molar refractivity (Wildman–Crippen MR) is 97.1 cm³/mol. The number of hydrogen-bond donors (Lipinski definition) is 3. The lowest BCUT2D eigenvalue weighted by atomic mass is 10.1. The molecule has 4 N–H and O–H groups in total. The summed E-state index contributed by atoms with van der Waals surface area (Å²) >= 11 is 0. The van der Waals surface area contributed by atoms with Crippen molar-refractivity contribution in [1.29, 1.82) is 0 Å². The molecule has 1 aromatic rings. The molecule has 0 atom stereocenters. The molecule has 0 aliphatic heterocycles. The third kappa shape index (κ3) is 9.21. The molecule has 0 radical (unpaired) electrons. The molecule has 2 amide bonds. The molecule has 0 saturated heterocycles. The lowest BCUT2D eigenvalue weighted by Gasteiger charge is -2.08. The average Bonchev–Trinajstić information content (AvgIpc) is 2.52. The number of rotatable bonds is 10. The molecule has 0 aliphatic carbocycles. The molecular weight excluding hydrogens is 314 g/mol. The number of amides is 2. The van der Waals surface area contributed by atoms with Gasteiger partial charge in [-0.25, -0.2) is 0 Å². The summed E-state index contributed by atoms with van der Waals surface area (Å²) in [5.74, 6) is -0.126. The summed E-state index contributed by atoms with van der Waals surface area (Å²) in [5.41, 5.74) is 6.66. The molecule has 1 aromatic carbocycles. The first-order valence-corrected chi connectivity index (χ1v) is 8.05. The Kier molecular flexibility index (Phi) is 12.0. The van der Waals surface area contributed by atoms with Crippen LogP contribution in [-0.4, -0.2) is 24.9 Å². The summed E-state index contributed by atoms with van der Waals surface area (Å²) in [6.45, 7) is 3.36. The highest BCUT2D eigenvalue weighted by atomic mass is 35.5. The summed E-state index contributed by atoms with van der Waals surface area (Å²) in [4.78, 5) is 23.7. The Bertz CT molecular complexity index is 481. The van der Waals surface area contributed by atoms with Gasteiger partial charge in [0.2, 0.25) is 5.91 Å². The summed E-state index contributed by atoms with van der Waals surface area (Å²) < 4.78 is 0. The minimum atomic E-state index is -0.111. The Morgan fingerprint density at radius 1 is 1.13 bits per heavy atom. The van der Waals surface area contributed by atoms with Gasteiger partial charge in [0, 0.05) is 24.2 Å². The van der Waals surface area contributed by atoms with E-state index in [2.05, 4.69) is 10.6 Å². The van der Waals surface area contributed by atoms with Crippen LogP contribution in [0.15, 0.2) is 24.3 Å². The van der Waals surface area contributed by atoms with Gasteiger partial charge in [0.15, 0.2) is 0 Å². The van der Waals surface area contributed by atoms with E-state index < -0.39 is 0 Å². The maximum absolute atomic E-state index is 11.9. The van der Waals surface area contributed by atoms with Crippen molar-refractivity contribution in [1.82, 2.24) is 5.32 Å². The van der Waals surface area contributed by atoms with Gasteiger partial charge in [0.1, 0.15) is 0 Å². The number of carbonyl (C=O) groups excluding carboxylic acids is 2. The molecule has 5 nitrogen and oxygen atoms in total. The van der Waals surface area contributed by atoms with Gasteiger partial charge in [0.25, 0.3) is 5.91 Å². The van der Waals surface area contributed by atoms with Gasteiger partial charge in [-0.2, -0.15) is 0 Å². The normalized spacial score (nSPS) is 9.83. The van der Waals surface area contributed by atoms with Crippen LogP contribution in [0.3, 0.4) is 0 Å². The quantitative estimate of drug-likeness (QED) is 0.572. The van der Waals surface area contributed by atoms with Crippen LogP contribution < -0.4 is 16.4 Å². The van der Waals surface area contributed by atoms with E-state index >= 15 is 0 Å². The summed E-state index contributed by atoms with van der Waals surface area (Å²) in [6, 6.07) is 7.02. The van der Waals surface area contributed by atoms with Crippen LogP contribution in [0.25, 0.3) is 0 Å². The largest absolute Gasteiger partial charge is 0.352 e. The monoisotopic (exact) mass is 341 g/mol. The van der Waals surface area contributed by atoms with Crippen LogP contribution in [0.2, 0.25) is 0 Å². The number of nitrogens with two attached hydrogens (primary N) is 1. The maximum Gasteiger partial charge on any atom is 0.251 e. The van der Waals surface area contributed by atoms with Crippen LogP contribution in [0.5, 0.6) is 0 Å². The minimum Gasteiger partial charge on any atom is -0.352 e. The minimum absolute atomic E-state index is 0. The molecule has 6 heteroatoms. The Morgan fingerprint density at radius 2 is 1.87 bits per heavy atom. The molecule has 0 fully saturated rings. The lowest BCUT2D eigenvalue weighted by Crippen LogP contribution is -2.24. The fraction of sp³-hybridized carbons (Fsp3) is 0.529. The molecule has 0 aromatic heterocycles. The Morgan fingerprint density at radius 3 is 2.57 bits per heavy atom. The fourth-order valence-corrected chi connectivity index (χ4v) is 2.09. The zero-order valence-electron chi connectivity index (χ0n) is 13.8. The van der Waals surface area contributed by atoms with Gasteiger partial charge < -0.3 is 16.4 Å². The standard InChI is InChI=1S/C17H27N3O2.ClH/c1-2-12-19-17(22)14-8-7-9-15(13-14)20-16(21)10-5-3-4-6-11-18;/h7-9,13H,2-6,10-12,18H2,1H3,(H,19,22)(H,20,21);1H. The maximum atomic E-state index is 11.9. The molecule has 0 bridgehead atoms. The van der Waals surface area contributed by atoms with Crippen molar-refractivity contribution < 1.29 is 9.59 Å². The van der Waals surface area contributed by atoms with Gasteiger partial charge in [-0.1, -0.05) is 25.8 Å². The van der Waals surface area contributed by atoms with E-state index in [1.54, 1.807) is 24.3 Å². The van der Waals surface area contributed by atoms with Crippen molar-refractivity contribution in [2.24, 2.45) is 5.73 Å². The van der Waals surface area contributed by atoms with Crippen molar-refractivity contribution >= 4 is 29.9 Å². The number of anilines is 1. The van der Waals surface area contributed by atoms with E-state index in [-0.39, 0.29) is 24.2 Å². The summed E-state index contributed by atoms with van der Waals surface area (Å²) in [7, 11) is 0. The van der Waals surface area contributed by atoms with Crippen LogP contribution in [-0.2, 0) is 4.79 Å². The molecule has 130 valence electrons. The third-order valence-electron chi connectivity index (χ3n) is 3.30. The first kappa shape index (κ1) is 21.4. The molecule has 0 unspecified atom stereocenters. The second-order valence-electron chi connectivity index (χ2n) is 5.34. The molecule has 0 heterocycles. The highest BCUT2D eigenvalue weighted by Gasteiger charge is 2.07. The van der Waals surface area contributed by atoms with Crippen molar-refractivity contribution in [2.75, 3.05) is 18.4 Å². The van der Waals surface area contributed by atoms with Gasteiger partial charge >= 0.3 is 0 Å². The molecule has 23 heavy (non-hydrogen) atoms. The topological polar surface area (TPSA) is 84.2 Å². The van der Waals surface area contributed by atoms with E-state index in [0.29, 0.717) is 30.8 Å². The Balaban J connectivity index is 0.00000484. The van der Waals surface area contributed by atoms with E-state index in [4.69, 9.17) is 5.73 Å². The van der Waals surface area contributed by atoms with Crippen LogP contribution in [0, 0.1) is 0 Å². The van der Waals surface area contributed by atoms with Gasteiger partial charge in [-0.05, 0) is 44.0 Å². The number of benzene rings is 1. The Hall–Kier alpha value is -1.59. The van der Waals surface area contributed by atoms with Crippen LogP contribution in [0.4, 0.5) is 5.69 Å². The van der Waals surface area contributed by atoms with Gasteiger partial charge in [-0.15, -0.1) is 12.4 Å². The first-order chi connectivity index (χ1) is 10.7. The SMILES string of the molecule is CCCNC(=O)c1cccc(NC(=O)CCCCCCN)c1.Cl. The van der Waals surface area contributed by atoms with Crippen LogP contribution in [0.1, 0.15) is 55.8 Å². The van der Waals surface area contributed by atoms with Crippen molar-refractivity contribution in [3.8, 4) is 0 Å². The molecule has 0 aliphatic rings. The van der Waals surface area contributed by atoms with Gasteiger partial charge in [-0.3, -0.25) is 9.59 Å². The summed E-state index contributed by atoms with van der Waals surface area (Å²) in [6.07, 6.45) is 5.35. The predicted octanol–water partition coefficient (Wildman–Crippen LogP) is 3.10.